The molecule has 3 aromatic rings. The summed E-state index contributed by atoms with van der Waals surface area (Å²) in [6.07, 6.45) is 1.91. The summed E-state index contributed by atoms with van der Waals surface area (Å²) in [5.41, 5.74) is 10.2. The lowest BCUT2D eigenvalue weighted by atomic mass is 10.0. The first kappa shape index (κ1) is 12.9. The monoisotopic (exact) mass is 332 g/mol. The Kier molecular flexibility index (Phi) is 3.10. The average molecular weight is 333 g/mol. The summed E-state index contributed by atoms with van der Waals surface area (Å²) in [6.45, 7) is 1.94. The van der Waals surface area contributed by atoms with Crippen molar-refractivity contribution in [3.05, 3.63) is 40.6 Å². The highest BCUT2D eigenvalue weighted by atomic mass is 79.9. The third-order valence-electron chi connectivity index (χ3n) is 3.10. The Bertz CT molecular complexity index is 775. The van der Waals surface area contributed by atoms with E-state index in [1.165, 1.54) is 0 Å². The van der Waals surface area contributed by atoms with Crippen molar-refractivity contribution in [1.82, 2.24) is 14.9 Å². The molecule has 1 aromatic carbocycles. The van der Waals surface area contributed by atoms with Gasteiger partial charge in [-0.05, 0) is 24.6 Å². The van der Waals surface area contributed by atoms with Gasteiger partial charge in [-0.25, -0.2) is 0 Å². The van der Waals surface area contributed by atoms with Gasteiger partial charge < -0.3 is 10.3 Å². The summed E-state index contributed by atoms with van der Waals surface area (Å²) in [5.74, 6) is 0.307. The SMILES string of the molecule is Cc1nn(C)cc1-c1noc(N)c1-c1cccc(Br)c1. The van der Waals surface area contributed by atoms with Crippen LogP contribution in [0, 0.1) is 6.92 Å². The van der Waals surface area contributed by atoms with Gasteiger partial charge in [0.2, 0.25) is 5.88 Å². The van der Waals surface area contributed by atoms with E-state index in [0.29, 0.717) is 11.6 Å². The number of aryl methyl sites for hydroxylation is 2. The lowest BCUT2D eigenvalue weighted by Crippen LogP contribution is -1.88. The summed E-state index contributed by atoms with van der Waals surface area (Å²) in [4.78, 5) is 0. The first-order chi connectivity index (χ1) is 9.56. The number of rotatable bonds is 2. The van der Waals surface area contributed by atoms with Gasteiger partial charge >= 0.3 is 0 Å². The highest BCUT2D eigenvalue weighted by Gasteiger charge is 2.20. The number of benzene rings is 1. The molecule has 2 aromatic heterocycles. The fourth-order valence-electron chi connectivity index (χ4n) is 2.24. The Labute approximate surface area is 124 Å². The van der Waals surface area contributed by atoms with Crippen molar-refractivity contribution in [2.75, 3.05) is 5.73 Å². The van der Waals surface area contributed by atoms with Gasteiger partial charge in [0.1, 0.15) is 5.69 Å². The van der Waals surface area contributed by atoms with Gasteiger partial charge in [0.15, 0.2) is 0 Å². The molecule has 0 bridgehead atoms. The minimum Gasteiger partial charge on any atom is -0.367 e. The van der Waals surface area contributed by atoms with E-state index >= 15 is 0 Å². The van der Waals surface area contributed by atoms with E-state index in [2.05, 4.69) is 26.2 Å². The molecule has 3 rings (SSSR count). The molecule has 0 saturated heterocycles. The Hall–Kier alpha value is -2.08. The van der Waals surface area contributed by atoms with Crippen LogP contribution in [0.4, 0.5) is 5.88 Å². The smallest absolute Gasteiger partial charge is 0.230 e. The molecule has 0 aliphatic rings. The number of nitrogen functional groups attached to an aromatic ring is 1. The molecule has 0 saturated carbocycles. The molecule has 0 fully saturated rings. The molecule has 5 nitrogen and oxygen atoms in total. The Balaban J connectivity index is 2.22. The number of hydrogen-bond acceptors (Lipinski definition) is 4. The minimum absolute atomic E-state index is 0.307. The summed E-state index contributed by atoms with van der Waals surface area (Å²) in [5, 5.41) is 8.43. The number of anilines is 1. The third-order valence-corrected chi connectivity index (χ3v) is 3.59. The molecule has 0 radical (unpaired) electrons. The molecule has 0 aliphatic carbocycles. The van der Waals surface area contributed by atoms with Crippen molar-refractivity contribution >= 4 is 21.8 Å². The second-order valence-electron chi connectivity index (χ2n) is 4.58. The maximum Gasteiger partial charge on any atom is 0.230 e. The van der Waals surface area contributed by atoms with Gasteiger partial charge in [0.25, 0.3) is 0 Å². The van der Waals surface area contributed by atoms with Crippen LogP contribution < -0.4 is 5.73 Å². The van der Waals surface area contributed by atoms with Gasteiger partial charge in [0.05, 0.1) is 11.3 Å². The first-order valence-electron chi connectivity index (χ1n) is 6.08. The fourth-order valence-corrected chi connectivity index (χ4v) is 2.64. The Morgan fingerprint density at radius 2 is 2.15 bits per heavy atom. The third kappa shape index (κ3) is 2.12. The lowest BCUT2D eigenvalue weighted by molar-refractivity contribution is 0.439. The van der Waals surface area contributed by atoms with Crippen LogP contribution in [-0.2, 0) is 7.05 Å². The molecule has 0 aliphatic heterocycles. The zero-order chi connectivity index (χ0) is 14.3. The van der Waals surface area contributed by atoms with E-state index < -0.39 is 0 Å². The minimum atomic E-state index is 0.307. The molecule has 102 valence electrons. The van der Waals surface area contributed by atoms with E-state index in [4.69, 9.17) is 10.3 Å². The maximum absolute atomic E-state index is 5.95. The number of halogens is 1. The van der Waals surface area contributed by atoms with Crippen molar-refractivity contribution in [3.63, 3.8) is 0 Å². The van der Waals surface area contributed by atoms with Crippen LogP contribution in [0.5, 0.6) is 0 Å². The van der Waals surface area contributed by atoms with Gasteiger partial charge in [-0.15, -0.1) is 0 Å². The van der Waals surface area contributed by atoms with Gasteiger partial charge in [-0.3, -0.25) is 4.68 Å². The summed E-state index contributed by atoms with van der Waals surface area (Å²) >= 11 is 3.46. The standard InChI is InChI=1S/C14H13BrN4O/c1-8-11(7-19(2)17-8)13-12(14(16)20-18-13)9-4-3-5-10(15)6-9/h3-7H,16H2,1-2H3. The zero-order valence-electron chi connectivity index (χ0n) is 11.1. The normalized spacial score (nSPS) is 10.9. The maximum atomic E-state index is 5.95. The van der Waals surface area contributed by atoms with Crippen molar-refractivity contribution < 1.29 is 4.52 Å². The van der Waals surface area contributed by atoms with Gasteiger partial charge in [0, 0.05) is 23.3 Å². The van der Waals surface area contributed by atoms with Crippen molar-refractivity contribution in [2.45, 2.75) is 6.92 Å². The molecule has 0 atom stereocenters. The molecule has 0 unspecified atom stereocenters. The molecule has 20 heavy (non-hydrogen) atoms. The van der Waals surface area contributed by atoms with Gasteiger partial charge in [-0.2, -0.15) is 5.10 Å². The number of nitrogens with two attached hydrogens (primary N) is 1. The van der Waals surface area contributed by atoms with Crippen LogP contribution in [0.1, 0.15) is 5.69 Å². The number of hydrogen-bond donors (Lipinski definition) is 1. The van der Waals surface area contributed by atoms with Crippen molar-refractivity contribution in [3.8, 4) is 22.4 Å². The topological polar surface area (TPSA) is 69.9 Å². The van der Waals surface area contributed by atoms with E-state index in [9.17, 15) is 0 Å². The highest BCUT2D eigenvalue weighted by molar-refractivity contribution is 9.10. The van der Waals surface area contributed by atoms with Crippen LogP contribution >= 0.6 is 15.9 Å². The summed E-state index contributed by atoms with van der Waals surface area (Å²) < 4.78 is 7.91. The molecule has 0 amide bonds. The second-order valence-corrected chi connectivity index (χ2v) is 5.50. The van der Waals surface area contributed by atoms with Crippen molar-refractivity contribution in [2.24, 2.45) is 7.05 Å². The Morgan fingerprint density at radius 3 is 2.80 bits per heavy atom. The largest absolute Gasteiger partial charge is 0.367 e. The van der Waals surface area contributed by atoms with Crippen LogP contribution in [0.2, 0.25) is 0 Å². The van der Waals surface area contributed by atoms with Crippen LogP contribution in [0.15, 0.2) is 39.5 Å². The average Bonchev–Trinajstić information content (AvgIpc) is 2.92. The molecular formula is C14H13BrN4O. The molecule has 2 N–H and O–H groups in total. The fraction of sp³-hybridized carbons (Fsp3) is 0.143. The zero-order valence-corrected chi connectivity index (χ0v) is 12.7. The molecule has 0 spiro atoms. The van der Waals surface area contributed by atoms with Crippen molar-refractivity contribution in [1.29, 1.82) is 0 Å². The Morgan fingerprint density at radius 1 is 1.35 bits per heavy atom. The highest BCUT2D eigenvalue weighted by Crippen LogP contribution is 2.37. The number of nitrogens with zero attached hydrogens (tertiary/aromatic N) is 3. The predicted molar refractivity (Wildman–Crippen MR) is 81.0 cm³/mol. The van der Waals surface area contributed by atoms with Crippen LogP contribution in [0.3, 0.4) is 0 Å². The van der Waals surface area contributed by atoms with Crippen LogP contribution in [0.25, 0.3) is 22.4 Å². The van der Waals surface area contributed by atoms with E-state index in [1.54, 1.807) is 4.68 Å². The van der Waals surface area contributed by atoms with Crippen LogP contribution in [-0.4, -0.2) is 14.9 Å². The number of aromatic nitrogens is 3. The second kappa shape index (κ2) is 4.79. The molecule has 2 heterocycles. The molecule has 6 heteroatoms. The van der Waals surface area contributed by atoms with E-state index in [0.717, 1.165) is 26.9 Å². The van der Waals surface area contributed by atoms with E-state index in [-0.39, 0.29) is 0 Å². The first-order valence-corrected chi connectivity index (χ1v) is 6.87. The quantitative estimate of drug-likeness (QED) is 0.780. The van der Waals surface area contributed by atoms with Gasteiger partial charge in [-0.1, -0.05) is 33.2 Å². The lowest BCUT2D eigenvalue weighted by Gasteiger charge is -2.02. The summed E-state index contributed by atoms with van der Waals surface area (Å²) in [7, 11) is 1.87. The predicted octanol–water partition coefficient (Wildman–Crippen LogP) is 3.40. The van der Waals surface area contributed by atoms with E-state index in [1.807, 2.05) is 44.4 Å². The molecular weight excluding hydrogens is 320 g/mol. The summed E-state index contributed by atoms with van der Waals surface area (Å²) in [6, 6.07) is 7.87.